The second kappa shape index (κ2) is 11.3. The maximum Gasteiger partial charge on any atom is 0.236 e. The highest BCUT2D eigenvalue weighted by molar-refractivity contribution is 7.99. The van der Waals surface area contributed by atoms with E-state index in [-0.39, 0.29) is 17.8 Å². The third kappa shape index (κ3) is 6.17. The maximum atomic E-state index is 12.6. The Bertz CT molecular complexity index is 1320. The Kier molecular flexibility index (Phi) is 7.99. The Morgan fingerprint density at radius 1 is 1.20 bits per heavy atom. The number of benzene rings is 2. The Morgan fingerprint density at radius 2 is 2.00 bits per heavy atom. The number of carbonyl (C=O) groups is 1. The summed E-state index contributed by atoms with van der Waals surface area (Å²) >= 11 is 2.73. The van der Waals surface area contributed by atoms with E-state index in [1.54, 1.807) is 6.08 Å². The van der Waals surface area contributed by atoms with Crippen molar-refractivity contribution in [3.05, 3.63) is 83.5 Å². The summed E-state index contributed by atoms with van der Waals surface area (Å²) in [4.78, 5) is 17.2. The van der Waals surface area contributed by atoms with Crippen molar-refractivity contribution in [2.45, 2.75) is 38.6 Å². The zero-order chi connectivity index (χ0) is 24.8. The first-order valence-corrected chi connectivity index (χ1v) is 13.0. The molecule has 0 saturated heterocycles. The molecular weight excluding hydrogens is 478 g/mol. The minimum Gasteiger partial charge on any atom is -0.483 e. The van der Waals surface area contributed by atoms with Crippen LogP contribution in [0, 0.1) is 13.8 Å². The van der Waals surface area contributed by atoms with Gasteiger partial charge < -0.3 is 10.1 Å². The summed E-state index contributed by atoms with van der Waals surface area (Å²) in [6.07, 6.45) is 1.46. The fraction of sp³-hybridized carbons (Fsp3) is 0.231. The Labute approximate surface area is 213 Å². The monoisotopic (exact) mass is 505 g/mol. The van der Waals surface area contributed by atoms with Crippen LogP contribution in [0.5, 0.6) is 5.75 Å². The zero-order valence-electron chi connectivity index (χ0n) is 19.9. The van der Waals surface area contributed by atoms with Crippen LogP contribution in [0.1, 0.15) is 30.0 Å². The van der Waals surface area contributed by atoms with Crippen LogP contribution in [-0.4, -0.2) is 31.4 Å². The van der Waals surface area contributed by atoms with Crippen LogP contribution in [-0.2, 0) is 11.3 Å². The van der Waals surface area contributed by atoms with Crippen molar-refractivity contribution in [3.8, 4) is 17.0 Å². The molecule has 1 amide bonds. The number of carbonyl (C=O) groups excluding carboxylic acids is 1. The van der Waals surface area contributed by atoms with E-state index in [1.165, 1.54) is 34.2 Å². The molecule has 4 aromatic rings. The maximum absolute atomic E-state index is 12.6. The Balaban J connectivity index is 1.38. The SMILES string of the molecule is C=CCn1c(SCC(=O)Nc2nc(-c3ccc(C)c(C)c3)cs2)nnc1C(C)Oc1ccccc1. The van der Waals surface area contributed by atoms with Crippen LogP contribution in [0.3, 0.4) is 0 Å². The fourth-order valence-corrected chi connectivity index (χ4v) is 4.90. The normalized spacial score (nSPS) is 11.7. The van der Waals surface area contributed by atoms with Gasteiger partial charge in [-0.3, -0.25) is 9.36 Å². The first kappa shape index (κ1) is 24.7. The molecule has 7 nitrogen and oxygen atoms in total. The molecule has 180 valence electrons. The lowest BCUT2D eigenvalue weighted by atomic mass is 10.1. The molecule has 0 saturated carbocycles. The number of hydrogen-bond acceptors (Lipinski definition) is 7. The quantitative estimate of drug-likeness (QED) is 0.208. The first-order valence-electron chi connectivity index (χ1n) is 11.2. The van der Waals surface area contributed by atoms with Crippen LogP contribution in [0.2, 0.25) is 0 Å². The molecule has 0 radical (unpaired) electrons. The van der Waals surface area contributed by atoms with Crippen LogP contribution < -0.4 is 10.1 Å². The number of thiazole rings is 1. The van der Waals surface area contributed by atoms with Crippen molar-refractivity contribution in [3.63, 3.8) is 0 Å². The van der Waals surface area contributed by atoms with Gasteiger partial charge in [-0.15, -0.1) is 28.1 Å². The number of thioether (sulfide) groups is 1. The summed E-state index contributed by atoms with van der Waals surface area (Å²) < 4.78 is 7.92. The van der Waals surface area contributed by atoms with E-state index in [0.717, 1.165) is 17.0 Å². The number of amides is 1. The van der Waals surface area contributed by atoms with Crippen LogP contribution in [0.15, 0.2) is 71.7 Å². The van der Waals surface area contributed by atoms with Gasteiger partial charge in [0.15, 0.2) is 22.2 Å². The van der Waals surface area contributed by atoms with Gasteiger partial charge in [-0.2, -0.15) is 0 Å². The summed E-state index contributed by atoms with van der Waals surface area (Å²) in [5.41, 5.74) is 4.34. The summed E-state index contributed by atoms with van der Waals surface area (Å²) in [6, 6.07) is 15.8. The van der Waals surface area contributed by atoms with E-state index in [2.05, 4.69) is 53.1 Å². The van der Waals surface area contributed by atoms with Gasteiger partial charge in [0, 0.05) is 17.5 Å². The lowest BCUT2D eigenvalue weighted by molar-refractivity contribution is -0.113. The summed E-state index contributed by atoms with van der Waals surface area (Å²) in [7, 11) is 0. The molecule has 0 bridgehead atoms. The van der Waals surface area contributed by atoms with Gasteiger partial charge in [0.25, 0.3) is 0 Å². The van der Waals surface area contributed by atoms with Gasteiger partial charge in [0.2, 0.25) is 5.91 Å². The number of anilines is 1. The van der Waals surface area contributed by atoms with Crippen molar-refractivity contribution < 1.29 is 9.53 Å². The third-order valence-electron chi connectivity index (χ3n) is 5.36. The van der Waals surface area contributed by atoms with Crippen LogP contribution in [0.25, 0.3) is 11.3 Å². The van der Waals surface area contributed by atoms with Gasteiger partial charge in [-0.1, -0.05) is 48.2 Å². The molecular formula is C26H27N5O2S2. The van der Waals surface area contributed by atoms with E-state index >= 15 is 0 Å². The second-order valence-electron chi connectivity index (χ2n) is 7.99. The number of aromatic nitrogens is 4. The average Bonchev–Trinajstić information content (AvgIpc) is 3.47. The first-order chi connectivity index (χ1) is 16.9. The van der Waals surface area contributed by atoms with E-state index < -0.39 is 0 Å². The van der Waals surface area contributed by atoms with Gasteiger partial charge in [-0.05, 0) is 50.1 Å². The lowest BCUT2D eigenvalue weighted by Crippen LogP contribution is -2.15. The highest BCUT2D eigenvalue weighted by atomic mass is 32.2. The minimum atomic E-state index is -0.313. The molecule has 2 aromatic carbocycles. The molecule has 0 fully saturated rings. The highest BCUT2D eigenvalue weighted by Crippen LogP contribution is 2.28. The number of allylic oxidation sites excluding steroid dienone is 1. The van der Waals surface area contributed by atoms with E-state index in [9.17, 15) is 4.79 Å². The molecule has 1 unspecified atom stereocenters. The molecule has 35 heavy (non-hydrogen) atoms. The summed E-state index contributed by atoms with van der Waals surface area (Å²) in [5, 5.41) is 14.7. The van der Waals surface area contributed by atoms with Crippen molar-refractivity contribution in [1.82, 2.24) is 19.7 Å². The van der Waals surface area contributed by atoms with E-state index in [0.29, 0.717) is 22.7 Å². The van der Waals surface area contributed by atoms with Crippen LogP contribution >= 0.6 is 23.1 Å². The van der Waals surface area contributed by atoms with Crippen molar-refractivity contribution in [1.29, 1.82) is 0 Å². The summed E-state index contributed by atoms with van der Waals surface area (Å²) in [6.45, 7) is 10.4. The Hall–Kier alpha value is -3.43. The number of aryl methyl sites for hydroxylation is 2. The summed E-state index contributed by atoms with van der Waals surface area (Å²) in [5.74, 6) is 1.46. The zero-order valence-corrected chi connectivity index (χ0v) is 21.5. The number of nitrogens with zero attached hydrogens (tertiary/aromatic N) is 4. The molecule has 0 aliphatic carbocycles. The predicted molar refractivity (Wildman–Crippen MR) is 142 cm³/mol. The molecule has 0 aliphatic heterocycles. The molecule has 1 N–H and O–H groups in total. The van der Waals surface area contributed by atoms with Gasteiger partial charge in [0.05, 0.1) is 11.4 Å². The molecule has 2 heterocycles. The smallest absolute Gasteiger partial charge is 0.236 e. The number of para-hydroxylation sites is 1. The van der Waals surface area contributed by atoms with Crippen molar-refractivity contribution >= 4 is 34.1 Å². The topological polar surface area (TPSA) is 81.9 Å². The van der Waals surface area contributed by atoms with Crippen molar-refractivity contribution in [2.24, 2.45) is 0 Å². The van der Waals surface area contributed by atoms with Crippen LogP contribution in [0.4, 0.5) is 5.13 Å². The van der Waals surface area contributed by atoms with Gasteiger partial charge in [0.1, 0.15) is 5.75 Å². The van der Waals surface area contributed by atoms with E-state index in [1.807, 2.05) is 53.3 Å². The lowest BCUT2D eigenvalue weighted by Gasteiger charge is -2.15. The third-order valence-corrected chi connectivity index (χ3v) is 7.09. The van der Waals surface area contributed by atoms with Gasteiger partial charge in [-0.25, -0.2) is 4.98 Å². The molecule has 4 rings (SSSR count). The van der Waals surface area contributed by atoms with Crippen molar-refractivity contribution in [2.75, 3.05) is 11.1 Å². The fourth-order valence-electron chi connectivity index (χ4n) is 3.41. The highest BCUT2D eigenvalue weighted by Gasteiger charge is 2.20. The number of nitrogens with one attached hydrogen (secondary N) is 1. The molecule has 2 aromatic heterocycles. The van der Waals surface area contributed by atoms with E-state index in [4.69, 9.17) is 4.74 Å². The minimum absolute atomic E-state index is 0.153. The second-order valence-corrected chi connectivity index (χ2v) is 9.79. The Morgan fingerprint density at radius 3 is 2.74 bits per heavy atom. The number of rotatable bonds is 10. The average molecular weight is 506 g/mol. The number of hydrogen-bond donors (Lipinski definition) is 1. The number of ether oxygens (including phenoxy) is 1. The molecule has 0 spiro atoms. The molecule has 9 heteroatoms. The van der Waals surface area contributed by atoms with Gasteiger partial charge >= 0.3 is 0 Å². The molecule has 0 aliphatic rings. The largest absolute Gasteiger partial charge is 0.483 e. The predicted octanol–water partition coefficient (Wildman–Crippen LogP) is 6.08. The standard InChI is InChI=1S/C26H27N5O2S2/c1-5-13-31-24(19(4)33-21-9-7-6-8-10-21)29-30-26(31)35-16-23(32)28-25-27-22(15-34-25)20-12-11-17(2)18(3)14-20/h5-12,14-15,19H,1,13,16H2,2-4H3,(H,27,28,32). The molecule has 1 atom stereocenters.